The maximum Gasteiger partial charge on any atom is 0.0887 e. The maximum atomic E-state index is 6.31. The van der Waals surface area contributed by atoms with Crippen LogP contribution in [-0.4, -0.2) is 0 Å². The van der Waals surface area contributed by atoms with Crippen LogP contribution in [0.15, 0.2) is 9.85 Å². The number of hydrogen-bond donors (Lipinski definition) is 0. The smallest absolute Gasteiger partial charge is 0.0887 e. The highest BCUT2D eigenvalue weighted by atomic mass is 79.9. The average Bonchev–Trinajstić information content (AvgIpc) is 2.70. The molecule has 3 unspecified atom stereocenters. The van der Waals surface area contributed by atoms with E-state index in [0.29, 0.717) is 5.92 Å². The Morgan fingerprint density at radius 2 is 2.31 bits per heavy atom. The monoisotopic (exact) mass is 298 g/mol. The molecule has 1 aromatic rings. The van der Waals surface area contributed by atoms with Gasteiger partial charge in [0.2, 0.25) is 0 Å². The molecule has 0 saturated heterocycles. The number of halogens is 3. The number of thiophene rings is 1. The highest BCUT2D eigenvalue weighted by Crippen LogP contribution is 2.52. The van der Waals surface area contributed by atoms with E-state index < -0.39 is 0 Å². The quantitative estimate of drug-likeness (QED) is 0.667. The standard InChI is InChI=1S/C9H9BrCl2S/c1-4-2-5(4)8(12)7-3-6(11)9(10)13-7/h3-5,8H,2H2,1H3. The van der Waals surface area contributed by atoms with Gasteiger partial charge in [-0.2, -0.15) is 0 Å². The van der Waals surface area contributed by atoms with Gasteiger partial charge in [0, 0.05) is 4.88 Å². The Kier molecular flexibility index (Phi) is 2.95. The van der Waals surface area contributed by atoms with Crippen molar-refractivity contribution in [1.82, 2.24) is 0 Å². The molecular weight excluding hydrogens is 291 g/mol. The third kappa shape index (κ3) is 2.06. The molecule has 1 heterocycles. The Morgan fingerprint density at radius 3 is 2.69 bits per heavy atom. The summed E-state index contributed by atoms with van der Waals surface area (Å²) in [5, 5.41) is 0.933. The maximum absolute atomic E-state index is 6.31. The van der Waals surface area contributed by atoms with Crippen molar-refractivity contribution >= 4 is 50.5 Å². The molecule has 0 nitrogen and oxygen atoms in total. The summed E-state index contributed by atoms with van der Waals surface area (Å²) in [7, 11) is 0. The second-order valence-electron chi connectivity index (χ2n) is 3.55. The Hall–Kier alpha value is 0.760. The number of hydrogen-bond acceptors (Lipinski definition) is 1. The molecular formula is C9H9BrCl2S. The molecule has 3 atom stereocenters. The topological polar surface area (TPSA) is 0 Å². The summed E-state index contributed by atoms with van der Waals surface area (Å²) in [5.41, 5.74) is 0. The molecule has 0 radical (unpaired) electrons. The first-order chi connectivity index (χ1) is 6.09. The van der Waals surface area contributed by atoms with Crippen LogP contribution in [0.2, 0.25) is 5.02 Å². The van der Waals surface area contributed by atoms with E-state index in [1.54, 1.807) is 11.3 Å². The molecule has 1 saturated carbocycles. The van der Waals surface area contributed by atoms with Crippen LogP contribution in [0.25, 0.3) is 0 Å². The van der Waals surface area contributed by atoms with E-state index >= 15 is 0 Å². The van der Waals surface area contributed by atoms with Crippen LogP contribution < -0.4 is 0 Å². The summed E-state index contributed by atoms with van der Waals surface area (Å²) in [6.45, 7) is 2.24. The Balaban J connectivity index is 2.16. The fourth-order valence-electron chi connectivity index (χ4n) is 1.47. The van der Waals surface area contributed by atoms with Crippen LogP contribution >= 0.6 is 50.5 Å². The van der Waals surface area contributed by atoms with Gasteiger partial charge in [0.05, 0.1) is 14.2 Å². The lowest BCUT2D eigenvalue weighted by molar-refractivity contribution is 0.731. The van der Waals surface area contributed by atoms with E-state index in [2.05, 4.69) is 22.9 Å². The second kappa shape index (κ2) is 3.73. The van der Waals surface area contributed by atoms with Crippen molar-refractivity contribution < 1.29 is 0 Å². The van der Waals surface area contributed by atoms with Crippen LogP contribution in [0.4, 0.5) is 0 Å². The van der Waals surface area contributed by atoms with Crippen molar-refractivity contribution in [1.29, 1.82) is 0 Å². The first-order valence-electron chi connectivity index (χ1n) is 4.18. The van der Waals surface area contributed by atoms with Gasteiger partial charge in [-0.05, 0) is 40.3 Å². The molecule has 0 spiro atoms. The van der Waals surface area contributed by atoms with Crippen LogP contribution in [0, 0.1) is 11.8 Å². The first kappa shape index (κ1) is 10.3. The second-order valence-corrected chi connectivity index (χ2v) is 6.83. The molecule has 0 bridgehead atoms. The summed E-state index contributed by atoms with van der Waals surface area (Å²) in [6.07, 6.45) is 1.25. The van der Waals surface area contributed by atoms with Crippen LogP contribution in [0.3, 0.4) is 0 Å². The summed E-state index contributed by atoms with van der Waals surface area (Å²) in [5.74, 6) is 1.44. The van der Waals surface area contributed by atoms with Gasteiger partial charge in [0.1, 0.15) is 0 Å². The zero-order valence-corrected chi connectivity index (χ0v) is 11.0. The van der Waals surface area contributed by atoms with Gasteiger partial charge in [-0.1, -0.05) is 18.5 Å². The molecule has 1 fully saturated rings. The van der Waals surface area contributed by atoms with Crippen molar-refractivity contribution in [3.63, 3.8) is 0 Å². The van der Waals surface area contributed by atoms with Gasteiger partial charge >= 0.3 is 0 Å². The summed E-state index contributed by atoms with van der Waals surface area (Å²) >= 11 is 17.3. The zero-order chi connectivity index (χ0) is 9.59. The normalized spacial score (nSPS) is 28.9. The van der Waals surface area contributed by atoms with E-state index in [1.165, 1.54) is 11.3 Å². The van der Waals surface area contributed by atoms with E-state index in [1.807, 2.05) is 6.07 Å². The lowest BCUT2D eigenvalue weighted by atomic mass is 10.2. The molecule has 4 heteroatoms. The molecule has 1 aliphatic rings. The van der Waals surface area contributed by atoms with Gasteiger partial charge in [-0.15, -0.1) is 22.9 Å². The third-order valence-electron chi connectivity index (χ3n) is 2.48. The molecule has 2 rings (SSSR count). The van der Waals surface area contributed by atoms with Gasteiger partial charge in [-0.25, -0.2) is 0 Å². The molecule has 13 heavy (non-hydrogen) atoms. The summed E-state index contributed by atoms with van der Waals surface area (Å²) in [4.78, 5) is 1.19. The van der Waals surface area contributed by atoms with E-state index in [0.717, 1.165) is 14.7 Å². The number of rotatable bonds is 2. The SMILES string of the molecule is CC1CC1C(Cl)c1cc(Cl)c(Br)s1. The minimum Gasteiger partial charge on any atom is -0.130 e. The molecule has 0 N–H and O–H groups in total. The minimum atomic E-state index is 0.156. The van der Waals surface area contributed by atoms with E-state index in [9.17, 15) is 0 Å². The van der Waals surface area contributed by atoms with Gasteiger partial charge < -0.3 is 0 Å². The Labute approximate surface area is 100 Å². The van der Waals surface area contributed by atoms with Gasteiger partial charge in [-0.3, -0.25) is 0 Å². The molecule has 72 valence electrons. The average molecular weight is 300 g/mol. The lowest BCUT2D eigenvalue weighted by Gasteiger charge is -2.03. The lowest BCUT2D eigenvalue weighted by Crippen LogP contribution is -1.89. The Bertz CT molecular complexity index is 304. The summed E-state index contributed by atoms with van der Waals surface area (Å²) < 4.78 is 0.989. The summed E-state index contributed by atoms with van der Waals surface area (Å²) in [6, 6.07) is 1.97. The van der Waals surface area contributed by atoms with Crippen molar-refractivity contribution in [3.8, 4) is 0 Å². The predicted molar refractivity (Wildman–Crippen MR) is 62.9 cm³/mol. The van der Waals surface area contributed by atoms with Crippen LogP contribution in [0.1, 0.15) is 23.6 Å². The van der Waals surface area contributed by atoms with Crippen molar-refractivity contribution in [3.05, 3.63) is 19.8 Å². The third-order valence-corrected chi connectivity index (χ3v) is 5.73. The molecule has 1 aromatic heterocycles. The van der Waals surface area contributed by atoms with Crippen molar-refractivity contribution in [2.45, 2.75) is 18.7 Å². The van der Waals surface area contributed by atoms with Crippen molar-refractivity contribution in [2.75, 3.05) is 0 Å². The highest BCUT2D eigenvalue weighted by Gasteiger charge is 2.40. The predicted octanol–water partition coefficient (Wildman–Crippen LogP) is 5.10. The molecule has 0 aliphatic heterocycles. The molecule has 0 amide bonds. The minimum absolute atomic E-state index is 0.156. The fourth-order valence-corrected chi connectivity index (χ4v) is 3.82. The first-order valence-corrected chi connectivity index (χ1v) is 6.60. The van der Waals surface area contributed by atoms with Crippen molar-refractivity contribution in [2.24, 2.45) is 11.8 Å². The van der Waals surface area contributed by atoms with E-state index in [4.69, 9.17) is 23.2 Å². The molecule has 0 aromatic carbocycles. The zero-order valence-electron chi connectivity index (χ0n) is 7.06. The highest BCUT2D eigenvalue weighted by molar-refractivity contribution is 9.11. The van der Waals surface area contributed by atoms with Crippen LogP contribution in [0.5, 0.6) is 0 Å². The molecule has 1 aliphatic carbocycles. The Morgan fingerprint density at radius 1 is 1.69 bits per heavy atom. The van der Waals surface area contributed by atoms with Gasteiger partial charge in [0.15, 0.2) is 0 Å². The fraction of sp³-hybridized carbons (Fsp3) is 0.556. The number of alkyl halides is 1. The largest absolute Gasteiger partial charge is 0.130 e. The van der Waals surface area contributed by atoms with E-state index in [-0.39, 0.29) is 5.38 Å². The van der Waals surface area contributed by atoms with Gasteiger partial charge in [0.25, 0.3) is 0 Å². The van der Waals surface area contributed by atoms with Crippen LogP contribution in [-0.2, 0) is 0 Å².